The Balaban J connectivity index is 1.69. The van der Waals surface area contributed by atoms with Gasteiger partial charge in [-0.2, -0.15) is 0 Å². The standard InChI is InChI=1S/C21H23N3O3S/c1-14(20(25)23-16-10-11-18(26-3)19(12-16)27-4)28-21-22-13-17(24(21)2)15-8-6-5-7-9-15/h5-14H,1-4H3,(H,23,25). The lowest BCUT2D eigenvalue weighted by atomic mass is 10.2. The van der Waals surface area contributed by atoms with E-state index >= 15 is 0 Å². The van der Waals surface area contributed by atoms with Gasteiger partial charge in [0.05, 0.1) is 31.4 Å². The van der Waals surface area contributed by atoms with Crippen LogP contribution in [0.15, 0.2) is 59.9 Å². The molecule has 1 amide bonds. The van der Waals surface area contributed by atoms with E-state index in [4.69, 9.17) is 9.47 Å². The van der Waals surface area contributed by atoms with Crippen molar-refractivity contribution >= 4 is 23.4 Å². The third kappa shape index (κ3) is 4.31. The minimum atomic E-state index is -0.321. The monoisotopic (exact) mass is 397 g/mol. The summed E-state index contributed by atoms with van der Waals surface area (Å²) in [5.41, 5.74) is 2.75. The van der Waals surface area contributed by atoms with Crippen LogP contribution in [0.4, 0.5) is 5.69 Å². The highest BCUT2D eigenvalue weighted by molar-refractivity contribution is 8.00. The molecular formula is C21H23N3O3S. The molecule has 146 valence electrons. The number of nitrogens with zero attached hydrogens (tertiary/aromatic N) is 2. The number of carbonyl (C=O) groups is 1. The van der Waals surface area contributed by atoms with Gasteiger partial charge in [-0.3, -0.25) is 4.79 Å². The van der Waals surface area contributed by atoms with Crippen LogP contribution < -0.4 is 14.8 Å². The molecule has 1 heterocycles. The van der Waals surface area contributed by atoms with E-state index in [2.05, 4.69) is 10.3 Å². The van der Waals surface area contributed by atoms with Crippen molar-refractivity contribution < 1.29 is 14.3 Å². The van der Waals surface area contributed by atoms with Crippen molar-refractivity contribution in [3.8, 4) is 22.8 Å². The van der Waals surface area contributed by atoms with Crippen LogP contribution >= 0.6 is 11.8 Å². The van der Waals surface area contributed by atoms with Gasteiger partial charge in [0, 0.05) is 18.8 Å². The Hall–Kier alpha value is -2.93. The third-order valence-electron chi connectivity index (χ3n) is 4.32. The number of imidazole rings is 1. The van der Waals surface area contributed by atoms with Crippen LogP contribution in [-0.4, -0.2) is 34.9 Å². The number of hydrogen-bond donors (Lipinski definition) is 1. The number of nitrogens with one attached hydrogen (secondary N) is 1. The molecule has 1 atom stereocenters. The largest absolute Gasteiger partial charge is 0.493 e. The number of benzene rings is 2. The van der Waals surface area contributed by atoms with Crippen LogP contribution in [0.25, 0.3) is 11.3 Å². The summed E-state index contributed by atoms with van der Waals surface area (Å²) in [4.78, 5) is 17.1. The third-order valence-corrected chi connectivity index (χ3v) is 5.48. The normalized spacial score (nSPS) is 11.7. The molecule has 1 aromatic heterocycles. The smallest absolute Gasteiger partial charge is 0.237 e. The topological polar surface area (TPSA) is 65.4 Å². The lowest BCUT2D eigenvalue weighted by molar-refractivity contribution is -0.115. The van der Waals surface area contributed by atoms with Gasteiger partial charge in [0.15, 0.2) is 16.7 Å². The molecule has 0 bridgehead atoms. The Morgan fingerprint density at radius 2 is 1.82 bits per heavy atom. The van der Waals surface area contributed by atoms with Gasteiger partial charge in [-0.05, 0) is 24.6 Å². The first-order chi connectivity index (χ1) is 13.5. The second-order valence-electron chi connectivity index (χ2n) is 6.17. The van der Waals surface area contributed by atoms with Gasteiger partial charge in [-0.25, -0.2) is 4.98 Å². The van der Waals surface area contributed by atoms with E-state index in [9.17, 15) is 4.79 Å². The molecule has 1 N–H and O–H groups in total. The van der Waals surface area contributed by atoms with Gasteiger partial charge in [0.2, 0.25) is 5.91 Å². The number of methoxy groups -OCH3 is 2. The van der Waals surface area contributed by atoms with Gasteiger partial charge in [0.25, 0.3) is 0 Å². The average molecular weight is 398 g/mol. The van der Waals surface area contributed by atoms with E-state index in [0.29, 0.717) is 17.2 Å². The van der Waals surface area contributed by atoms with Gasteiger partial charge in [-0.15, -0.1) is 0 Å². The van der Waals surface area contributed by atoms with Crippen LogP contribution in [0.1, 0.15) is 6.92 Å². The number of rotatable bonds is 7. The zero-order valence-corrected chi connectivity index (χ0v) is 17.1. The Morgan fingerprint density at radius 1 is 1.11 bits per heavy atom. The molecule has 0 aliphatic carbocycles. The van der Waals surface area contributed by atoms with Crippen molar-refractivity contribution in [1.82, 2.24) is 9.55 Å². The van der Waals surface area contributed by atoms with E-state index in [1.807, 2.05) is 55.1 Å². The second kappa shape index (κ2) is 8.84. The molecule has 0 fully saturated rings. The minimum absolute atomic E-state index is 0.110. The van der Waals surface area contributed by atoms with Gasteiger partial charge < -0.3 is 19.4 Å². The summed E-state index contributed by atoms with van der Waals surface area (Å²) < 4.78 is 12.5. The van der Waals surface area contributed by atoms with Crippen LogP contribution in [0.3, 0.4) is 0 Å². The highest BCUT2D eigenvalue weighted by atomic mass is 32.2. The number of aromatic nitrogens is 2. The van der Waals surface area contributed by atoms with Gasteiger partial charge in [-0.1, -0.05) is 42.1 Å². The minimum Gasteiger partial charge on any atom is -0.493 e. The van der Waals surface area contributed by atoms with E-state index in [-0.39, 0.29) is 11.2 Å². The van der Waals surface area contributed by atoms with Crippen LogP contribution in [0.2, 0.25) is 0 Å². The zero-order valence-electron chi connectivity index (χ0n) is 16.3. The first kappa shape index (κ1) is 19.8. The summed E-state index contributed by atoms with van der Waals surface area (Å²) >= 11 is 1.41. The molecule has 2 aromatic carbocycles. The summed E-state index contributed by atoms with van der Waals surface area (Å²) in [6.07, 6.45) is 1.83. The second-order valence-corrected chi connectivity index (χ2v) is 7.48. The summed E-state index contributed by atoms with van der Waals surface area (Å²) in [5, 5.41) is 3.38. The fraction of sp³-hybridized carbons (Fsp3) is 0.238. The van der Waals surface area contributed by atoms with E-state index in [1.54, 1.807) is 32.4 Å². The number of amides is 1. The number of anilines is 1. The highest BCUT2D eigenvalue weighted by Crippen LogP contribution is 2.31. The highest BCUT2D eigenvalue weighted by Gasteiger charge is 2.19. The predicted molar refractivity (Wildman–Crippen MR) is 112 cm³/mol. The first-order valence-corrected chi connectivity index (χ1v) is 9.68. The molecule has 0 aliphatic heterocycles. The number of carbonyl (C=O) groups excluding carboxylic acids is 1. The summed E-state index contributed by atoms with van der Waals surface area (Å²) in [7, 11) is 5.09. The van der Waals surface area contributed by atoms with Gasteiger partial charge in [0.1, 0.15) is 0 Å². The molecule has 1 unspecified atom stereocenters. The fourth-order valence-electron chi connectivity index (χ4n) is 2.75. The Labute approximate surface area is 168 Å². The van der Waals surface area contributed by atoms with Crippen molar-refractivity contribution in [1.29, 1.82) is 0 Å². The molecule has 0 saturated carbocycles. The van der Waals surface area contributed by atoms with Crippen molar-refractivity contribution in [3.63, 3.8) is 0 Å². The molecule has 0 spiro atoms. The number of hydrogen-bond acceptors (Lipinski definition) is 5. The first-order valence-electron chi connectivity index (χ1n) is 8.80. The molecule has 0 radical (unpaired) electrons. The summed E-state index contributed by atoms with van der Waals surface area (Å²) in [5.74, 6) is 1.07. The quantitative estimate of drug-likeness (QED) is 0.605. The lowest BCUT2D eigenvalue weighted by Gasteiger charge is -2.14. The molecule has 0 aliphatic rings. The van der Waals surface area contributed by atoms with Crippen molar-refractivity contribution in [2.24, 2.45) is 7.05 Å². The van der Waals surface area contributed by atoms with Crippen molar-refractivity contribution in [2.45, 2.75) is 17.3 Å². The van der Waals surface area contributed by atoms with Crippen LogP contribution in [0, 0.1) is 0 Å². The van der Waals surface area contributed by atoms with Crippen LogP contribution in [-0.2, 0) is 11.8 Å². The molecule has 6 nitrogen and oxygen atoms in total. The van der Waals surface area contributed by atoms with E-state index in [1.165, 1.54) is 11.8 Å². The van der Waals surface area contributed by atoms with Crippen LogP contribution in [0.5, 0.6) is 11.5 Å². The van der Waals surface area contributed by atoms with E-state index < -0.39 is 0 Å². The Kier molecular flexibility index (Phi) is 6.26. The predicted octanol–water partition coefficient (Wildman–Crippen LogP) is 4.22. The molecule has 28 heavy (non-hydrogen) atoms. The molecule has 3 aromatic rings. The average Bonchev–Trinajstić information content (AvgIpc) is 3.08. The molecule has 3 rings (SSSR count). The zero-order chi connectivity index (χ0) is 20.1. The number of thioether (sulfide) groups is 1. The maximum Gasteiger partial charge on any atom is 0.237 e. The van der Waals surface area contributed by atoms with Gasteiger partial charge >= 0.3 is 0 Å². The van der Waals surface area contributed by atoms with Crippen molar-refractivity contribution in [2.75, 3.05) is 19.5 Å². The van der Waals surface area contributed by atoms with E-state index in [0.717, 1.165) is 16.4 Å². The van der Waals surface area contributed by atoms with Crippen molar-refractivity contribution in [3.05, 3.63) is 54.7 Å². The summed E-state index contributed by atoms with van der Waals surface area (Å²) in [6, 6.07) is 15.3. The number of ether oxygens (including phenoxy) is 2. The molecule has 7 heteroatoms. The SMILES string of the molecule is COc1ccc(NC(=O)C(C)Sc2ncc(-c3ccccc3)n2C)cc1OC. The molecule has 0 saturated heterocycles. The molecular weight excluding hydrogens is 374 g/mol. The lowest BCUT2D eigenvalue weighted by Crippen LogP contribution is -2.22. The Bertz CT molecular complexity index is 957. The fourth-order valence-corrected chi connectivity index (χ4v) is 3.60. The Morgan fingerprint density at radius 3 is 2.50 bits per heavy atom. The maximum atomic E-state index is 12.6. The summed E-state index contributed by atoms with van der Waals surface area (Å²) in [6.45, 7) is 1.86. The maximum absolute atomic E-state index is 12.6.